The van der Waals surface area contributed by atoms with Crippen LogP contribution < -0.4 is 9.64 Å². The first kappa shape index (κ1) is 15.2. The molecule has 1 aromatic heterocycles. The molecule has 24 heavy (non-hydrogen) atoms. The van der Waals surface area contributed by atoms with Gasteiger partial charge in [0.15, 0.2) is 5.69 Å². The van der Waals surface area contributed by atoms with Crippen molar-refractivity contribution in [3.63, 3.8) is 0 Å². The fourth-order valence-electron chi connectivity index (χ4n) is 3.32. The molecule has 2 aliphatic rings. The number of amides is 1. The Morgan fingerprint density at radius 2 is 2.17 bits per heavy atom. The van der Waals surface area contributed by atoms with Crippen molar-refractivity contribution in [1.82, 2.24) is 9.78 Å². The molecule has 5 nitrogen and oxygen atoms in total. The summed E-state index contributed by atoms with van der Waals surface area (Å²) in [6, 6.07) is 6.35. The number of anilines is 1. The fraction of sp³-hybridized carbons (Fsp3) is 0.444. The van der Waals surface area contributed by atoms with E-state index >= 15 is 0 Å². The van der Waals surface area contributed by atoms with Gasteiger partial charge in [-0.2, -0.15) is 5.10 Å². The Balaban J connectivity index is 1.65. The molecule has 1 aromatic carbocycles. The van der Waals surface area contributed by atoms with E-state index in [0.29, 0.717) is 42.2 Å². The minimum Gasteiger partial charge on any atom is -0.490 e. The van der Waals surface area contributed by atoms with Crippen molar-refractivity contribution in [2.75, 3.05) is 18.1 Å². The van der Waals surface area contributed by atoms with Crippen LogP contribution >= 0.6 is 0 Å². The number of carbonyl (C=O) groups excluding carboxylic acids is 1. The molecule has 1 fully saturated rings. The number of aryl methyl sites for hydroxylation is 1. The third-order valence-electron chi connectivity index (χ3n) is 4.86. The predicted octanol–water partition coefficient (Wildman–Crippen LogP) is 3.34. The maximum Gasteiger partial charge on any atom is 0.279 e. The summed E-state index contributed by atoms with van der Waals surface area (Å²) < 4.78 is 21.0. The van der Waals surface area contributed by atoms with Crippen molar-refractivity contribution in [1.29, 1.82) is 0 Å². The van der Waals surface area contributed by atoms with Gasteiger partial charge in [-0.25, -0.2) is 4.39 Å². The van der Waals surface area contributed by atoms with E-state index in [2.05, 4.69) is 12.0 Å². The lowest BCUT2D eigenvalue weighted by molar-refractivity contribution is 0.0970. The number of hydrogen-bond acceptors (Lipinski definition) is 3. The molecule has 1 amide bonds. The zero-order chi connectivity index (χ0) is 16.8. The van der Waals surface area contributed by atoms with Gasteiger partial charge in [-0.1, -0.05) is 0 Å². The van der Waals surface area contributed by atoms with Gasteiger partial charge in [0.2, 0.25) is 0 Å². The number of halogens is 1. The first-order valence-electron chi connectivity index (χ1n) is 8.35. The van der Waals surface area contributed by atoms with E-state index in [9.17, 15) is 9.18 Å². The van der Waals surface area contributed by atoms with E-state index in [1.54, 1.807) is 11.0 Å². The van der Waals surface area contributed by atoms with Crippen LogP contribution in [-0.4, -0.2) is 28.8 Å². The molecule has 0 saturated heterocycles. The van der Waals surface area contributed by atoms with Crippen molar-refractivity contribution < 1.29 is 13.9 Å². The molecule has 0 N–H and O–H groups in total. The summed E-state index contributed by atoms with van der Waals surface area (Å²) in [7, 11) is 0. The number of rotatable bonds is 3. The van der Waals surface area contributed by atoms with E-state index in [-0.39, 0.29) is 11.7 Å². The van der Waals surface area contributed by atoms with Gasteiger partial charge >= 0.3 is 0 Å². The quantitative estimate of drug-likeness (QED) is 0.868. The molecule has 1 aliphatic carbocycles. The van der Waals surface area contributed by atoms with Gasteiger partial charge in [-0.05, 0) is 50.8 Å². The maximum atomic E-state index is 13.6. The highest BCUT2D eigenvalue weighted by Gasteiger charge is 2.32. The van der Waals surface area contributed by atoms with Crippen LogP contribution in [0.3, 0.4) is 0 Å². The molecule has 2 heterocycles. The van der Waals surface area contributed by atoms with Crippen LogP contribution in [0.2, 0.25) is 0 Å². The van der Waals surface area contributed by atoms with Crippen LogP contribution in [-0.2, 0) is 0 Å². The van der Waals surface area contributed by atoms with Crippen molar-refractivity contribution in [2.24, 2.45) is 5.92 Å². The Morgan fingerprint density at radius 1 is 1.38 bits per heavy atom. The monoisotopic (exact) mass is 329 g/mol. The van der Waals surface area contributed by atoms with E-state index in [1.165, 1.54) is 25.0 Å². The SMILES string of the molecule is Cc1cc(C(=O)N2CCOc3ccc(F)cc32)nn1[C@@H](C)C1CC1. The summed E-state index contributed by atoms with van der Waals surface area (Å²) in [5.74, 6) is 0.583. The zero-order valence-electron chi connectivity index (χ0n) is 13.8. The number of aromatic nitrogens is 2. The van der Waals surface area contributed by atoms with E-state index < -0.39 is 0 Å². The minimum atomic E-state index is -0.388. The zero-order valence-corrected chi connectivity index (χ0v) is 13.8. The molecule has 0 radical (unpaired) electrons. The molecule has 0 bridgehead atoms. The van der Waals surface area contributed by atoms with E-state index in [0.717, 1.165) is 5.69 Å². The van der Waals surface area contributed by atoms with Gasteiger partial charge in [-0.15, -0.1) is 0 Å². The fourth-order valence-corrected chi connectivity index (χ4v) is 3.32. The highest BCUT2D eigenvalue weighted by atomic mass is 19.1. The number of carbonyl (C=O) groups is 1. The standard InChI is InChI=1S/C18H20FN3O2/c1-11-9-15(20-22(11)12(2)13-3-4-13)18(23)21-7-8-24-17-6-5-14(19)10-16(17)21/h5-6,9-10,12-13H,3-4,7-8H2,1-2H3/t12-/m0/s1. The van der Waals surface area contributed by atoms with Gasteiger partial charge in [0.05, 0.1) is 18.3 Å². The molecule has 1 saturated carbocycles. The predicted molar refractivity (Wildman–Crippen MR) is 88.0 cm³/mol. The normalized spacial score (nSPS) is 18.0. The van der Waals surface area contributed by atoms with Crippen LogP contribution in [0, 0.1) is 18.7 Å². The molecule has 0 unspecified atom stereocenters. The van der Waals surface area contributed by atoms with Crippen molar-refractivity contribution >= 4 is 11.6 Å². The van der Waals surface area contributed by atoms with Crippen LogP contribution in [0.25, 0.3) is 0 Å². The van der Waals surface area contributed by atoms with E-state index in [1.807, 2.05) is 17.7 Å². The first-order valence-corrected chi connectivity index (χ1v) is 8.35. The largest absolute Gasteiger partial charge is 0.490 e. The van der Waals surface area contributed by atoms with Gasteiger partial charge in [0, 0.05) is 11.8 Å². The molecule has 1 atom stereocenters. The molecule has 6 heteroatoms. The second kappa shape index (κ2) is 5.61. The number of nitrogens with zero attached hydrogens (tertiary/aromatic N) is 3. The van der Waals surface area contributed by atoms with Crippen LogP contribution in [0.5, 0.6) is 5.75 Å². The Kier molecular flexibility index (Phi) is 3.55. The number of benzene rings is 1. The summed E-state index contributed by atoms with van der Waals surface area (Å²) in [5.41, 5.74) is 1.84. The maximum absolute atomic E-state index is 13.6. The van der Waals surface area contributed by atoms with Gasteiger partial charge in [0.1, 0.15) is 18.2 Å². The minimum absolute atomic E-state index is 0.213. The number of ether oxygens (including phenoxy) is 1. The van der Waals surface area contributed by atoms with Gasteiger partial charge in [-0.3, -0.25) is 14.4 Å². The average molecular weight is 329 g/mol. The van der Waals surface area contributed by atoms with Gasteiger partial charge < -0.3 is 4.74 Å². The Morgan fingerprint density at radius 3 is 2.92 bits per heavy atom. The second-order valence-electron chi connectivity index (χ2n) is 6.61. The highest BCUT2D eigenvalue weighted by Crippen LogP contribution is 2.40. The smallest absolute Gasteiger partial charge is 0.279 e. The lowest BCUT2D eigenvalue weighted by atomic mass is 10.2. The summed E-state index contributed by atoms with van der Waals surface area (Å²) in [6.07, 6.45) is 2.44. The van der Waals surface area contributed by atoms with Crippen LogP contribution in [0.4, 0.5) is 10.1 Å². The van der Waals surface area contributed by atoms with Crippen LogP contribution in [0.15, 0.2) is 24.3 Å². The lowest BCUT2D eigenvalue weighted by Crippen LogP contribution is -2.38. The average Bonchev–Trinajstić information content (AvgIpc) is 3.35. The van der Waals surface area contributed by atoms with E-state index in [4.69, 9.17) is 4.74 Å². The van der Waals surface area contributed by atoms with Gasteiger partial charge in [0.25, 0.3) is 5.91 Å². The molecule has 0 spiro atoms. The Hall–Kier alpha value is -2.37. The summed E-state index contributed by atoms with van der Waals surface area (Å²) >= 11 is 0. The number of fused-ring (bicyclic) bond motifs is 1. The third-order valence-corrected chi connectivity index (χ3v) is 4.86. The molecule has 126 valence electrons. The Bertz CT molecular complexity index is 798. The number of hydrogen-bond donors (Lipinski definition) is 0. The van der Waals surface area contributed by atoms with Crippen molar-refractivity contribution in [3.05, 3.63) is 41.5 Å². The van der Waals surface area contributed by atoms with Crippen LogP contribution in [0.1, 0.15) is 42.0 Å². The summed E-state index contributed by atoms with van der Waals surface area (Å²) in [5, 5.41) is 4.53. The lowest BCUT2D eigenvalue weighted by Gasteiger charge is -2.29. The molecular formula is C18H20FN3O2. The second-order valence-corrected chi connectivity index (χ2v) is 6.61. The Labute approximate surface area is 140 Å². The molecule has 4 rings (SSSR count). The van der Waals surface area contributed by atoms with Crippen molar-refractivity contribution in [2.45, 2.75) is 32.7 Å². The summed E-state index contributed by atoms with van der Waals surface area (Å²) in [4.78, 5) is 14.5. The highest BCUT2D eigenvalue weighted by molar-refractivity contribution is 6.06. The molecular weight excluding hydrogens is 309 g/mol. The van der Waals surface area contributed by atoms with Crippen molar-refractivity contribution in [3.8, 4) is 5.75 Å². The molecule has 1 aliphatic heterocycles. The first-order chi connectivity index (χ1) is 11.5. The molecule has 2 aromatic rings. The topological polar surface area (TPSA) is 47.4 Å². The third kappa shape index (κ3) is 2.56. The summed E-state index contributed by atoms with van der Waals surface area (Å²) in [6.45, 7) is 4.89.